The van der Waals surface area contributed by atoms with Crippen molar-refractivity contribution in [2.75, 3.05) is 32.0 Å². The Balaban J connectivity index is 1.75. The molecular weight excluding hydrogens is 462 g/mol. The Hall–Kier alpha value is -4.05. The first-order chi connectivity index (χ1) is 16.4. The van der Waals surface area contributed by atoms with Crippen LogP contribution in [0.15, 0.2) is 54.0 Å². The van der Waals surface area contributed by atoms with Gasteiger partial charge in [0, 0.05) is 17.8 Å². The highest BCUT2D eigenvalue weighted by molar-refractivity contribution is 6.32. The maximum atomic E-state index is 13.6. The molecule has 0 fully saturated rings. The SMILES string of the molecule is COC(=O)c1ccc(C2C(C(=O)Nc3cc(OC)c(Cl)cc3OC)=C(C)Nc3ncnn32)cc1. The van der Waals surface area contributed by atoms with E-state index in [0.717, 1.165) is 5.56 Å². The van der Waals surface area contributed by atoms with Gasteiger partial charge in [0.1, 0.15) is 23.9 Å². The minimum Gasteiger partial charge on any atom is -0.495 e. The monoisotopic (exact) mass is 483 g/mol. The molecule has 1 aromatic heterocycles. The molecule has 34 heavy (non-hydrogen) atoms. The number of anilines is 2. The average molecular weight is 484 g/mol. The molecule has 0 spiro atoms. The van der Waals surface area contributed by atoms with Gasteiger partial charge < -0.3 is 24.8 Å². The number of benzene rings is 2. The van der Waals surface area contributed by atoms with Gasteiger partial charge in [0.25, 0.3) is 5.91 Å². The van der Waals surface area contributed by atoms with Crippen molar-refractivity contribution in [3.05, 3.63) is 70.1 Å². The number of carbonyl (C=O) groups is 2. The molecule has 10 nitrogen and oxygen atoms in total. The standard InChI is InChI=1S/C23H22ClN5O5/c1-12-19(21(30)28-16-10-17(32-2)15(24)9-18(16)33-3)20(29-23(27-12)25-11-26-29)13-5-7-14(8-6-13)22(31)34-4/h5-11,20H,1-4H3,(H,28,30)(H,25,26,27). The number of nitrogens with one attached hydrogen (secondary N) is 2. The van der Waals surface area contributed by atoms with Crippen LogP contribution in [0.2, 0.25) is 5.02 Å². The highest BCUT2D eigenvalue weighted by Crippen LogP contribution is 2.38. The van der Waals surface area contributed by atoms with Crippen molar-refractivity contribution in [1.82, 2.24) is 14.8 Å². The summed E-state index contributed by atoms with van der Waals surface area (Å²) in [6.07, 6.45) is 1.40. The first-order valence-corrected chi connectivity index (χ1v) is 10.5. The number of esters is 1. The summed E-state index contributed by atoms with van der Waals surface area (Å²) in [5.74, 6) is 0.407. The van der Waals surface area contributed by atoms with Gasteiger partial charge in [-0.25, -0.2) is 9.48 Å². The molecule has 0 aliphatic carbocycles. The van der Waals surface area contributed by atoms with Crippen molar-refractivity contribution in [2.24, 2.45) is 0 Å². The lowest BCUT2D eigenvalue weighted by Crippen LogP contribution is -2.31. The Bertz CT molecular complexity index is 1290. The van der Waals surface area contributed by atoms with Crippen LogP contribution in [-0.2, 0) is 9.53 Å². The molecule has 1 unspecified atom stereocenters. The fourth-order valence-electron chi connectivity index (χ4n) is 3.76. The van der Waals surface area contributed by atoms with Crippen LogP contribution >= 0.6 is 11.6 Å². The molecule has 4 rings (SSSR count). The van der Waals surface area contributed by atoms with Crippen molar-refractivity contribution < 1.29 is 23.8 Å². The maximum Gasteiger partial charge on any atom is 0.337 e. The number of aromatic nitrogens is 3. The Morgan fingerprint density at radius 1 is 1.09 bits per heavy atom. The molecular formula is C23H22ClN5O5. The Morgan fingerprint density at radius 3 is 2.44 bits per heavy atom. The van der Waals surface area contributed by atoms with Crippen LogP contribution in [0, 0.1) is 0 Å². The minimum atomic E-state index is -0.606. The van der Waals surface area contributed by atoms with Gasteiger partial charge in [-0.1, -0.05) is 23.7 Å². The van der Waals surface area contributed by atoms with Crippen molar-refractivity contribution in [3.8, 4) is 11.5 Å². The molecule has 176 valence electrons. The van der Waals surface area contributed by atoms with Crippen LogP contribution in [-0.4, -0.2) is 48.0 Å². The lowest BCUT2D eigenvalue weighted by molar-refractivity contribution is -0.113. The average Bonchev–Trinajstić information content (AvgIpc) is 3.31. The second-order valence-electron chi connectivity index (χ2n) is 7.35. The number of fused-ring (bicyclic) bond motifs is 1. The summed E-state index contributed by atoms with van der Waals surface area (Å²) in [5.41, 5.74) is 2.51. The number of hydrogen-bond donors (Lipinski definition) is 2. The highest BCUT2D eigenvalue weighted by atomic mass is 35.5. The first kappa shape index (κ1) is 23.1. The van der Waals surface area contributed by atoms with Gasteiger partial charge in [0.15, 0.2) is 0 Å². The summed E-state index contributed by atoms with van der Waals surface area (Å²) in [7, 11) is 4.28. The molecule has 11 heteroatoms. The summed E-state index contributed by atoms with van der Waals surface area (Å²) >= 11 is 6.19. The van der Waals surface area contributed by atoms with Crippen LogP contribution < -0.4 is 20.1 Å². The van der Waals surface area contributed by atoms with Crippen LogP contribution in [0.3, 0.4) is 0 Å². The van der Waals surface area contributed by atoms with Gasteiger partial charge in [-0.2, -0.15) is 10.1 Å². The number of halogens is 1. The zero-order valence-corrected chi connectivity index (χ0v) is 19.6. The molecule has 2 aromatic carbocycles. The van der Waals surface area contributed by atoms with Crippen LogP contribution in [0.5, 0.6) is 11.5 Å². The van der Waals surface area contributed by atoms with Gasteiger partial charge in [-0.3, -0.25) is 4.79 Å². The van der Waals surface area contributed by atoms with Crippen LogP contribution in [0.25, 0.3) is 0 Å². The predicted molar refractivity (Wildman–Crippen MR) is 125 cm³/mol. The van der Waals surface area contributed by atoms with Gasteiger partial charge in [-0.05, 0) is 24.6 Å². The second-order valence-corrected chi connectivity index (χ2v) is 7.76. The van der Waals surface area contributed by atoms with E-state index in [2.05, 4.69) is 20.7 Å². The Morgan fingerprint density at radius 2 is 1.79 bits per heavy atom. The summed E-state index contributed by atoms with van der Waals surface area (Å²) < 4.78 is 17.0. The summed E-state index contributed by atoms with van der Waals surface area (Å²) in [6.45, 7) is 1.78. The normalized spacial score (nSPS) is 14.7. The van der Waals surface area contributed by atoms with E-state index >= 15 is 0 Å². The number of carbonyl (C=O) groups excluding carboxylic acids is 2. The number of ether oxygens (including phenoxy) is 3. The smallest absolute Gasteiger partial charge is 0.337 e. The first-order valence-electron chi connectivity index (χ1n) is 10.2. The molecule has 1 aliphatic rings. The molecule has 1 amide bonds. The van der Waals surface area contributed by atoms with Crippen molar-refractivity contribution in [1.29, 1.82) is 0 Å². The number of nitrogens with zero attached hydrogens (tertiary/aromatic N) is 3. The number of methoxy groups -OCH3 is 3. The lowest BCUT2D eigenvalue weighted by Gasteiger charge is -2.29. The molecule has 0 radical (unpaired) electrons. The molecule has 0 saturated heterocycles. The van der Waals surface area contributed by atoms with E-state index in [4.69, 9.17) is 25.8 Å². The maximum absolute atomic E-state index is 13.6. The number of rotatable bonds is 6. The molecule has 1 atom stereocenters. The molecule has 2 N–H and O–H groups in total. The van der Waals surface area contributed by atoms with Crippen molar-refractivity contribution >= 4 is 35.1 Å². The number of hydrogen-bond acceptors (Lipinski definition) is 8. The van der Waals surface area contributed by atoms with Crippen molar-refractivity contribution in [2.45, 2.75) is 13.0 Å². The zero-order valence-electron chi connectivity index (χ0n) is 18.9. The van der Waals surface area contributed by atoms with Crippen LogP contribution in [0.1, 0.15) is 28.9 Å². The molecule has 3 aromatic rings. The lowest BCUT2D eigenvalue weighted by atomic mass is 9.94. The minimum absolute atomic E-state index is 0.350. The summed E-state index contributed by atoms with van der Waals surface area (Å²) in [5, 5.41) is 10.7. The molecule has 2 heterocycles. The van der Waals surface area contributed by atoms with E-state index in [-0.39, 0.29) is 0 Å². The fraction of sp³-hybridized carbons (Fsp3) is 0.217. The third-order valence-corrected chi connectivity index (χ3v) is 5.70. The topological polar surface area (TPSA) is 117 Å². The number of allylic oxidation sites excluding steroid dienone is 1. The van der Waals surface area contributed by atoms with E-state index in [1.807, 2.05) is 0 Å². The predicted octanol–water partition coefficient (Wildman–Crippen LogP) is 3.66. The Kier molecular flexibility index (Phi) is 6.42. The summed E-state index contributed by atoms with van der Waals surface area (Å²) in [6, 6.07) is 9.32. The van der Waals surface area contributed by atoms with E-state index in [0.29, 0.717) is 45.0 Å². The zero-order chi connectivity index (χ0) is 24.4. The molecule has 0 saturated carbocycles. The van der Waals surface area contributed by atoms with Gasteiger partial charge >= 0.3 is 5.97 Å². The number of amides is 1. The largest absolute Gasteiger partial charge is 0.495 e. The van der Waals surface area contributed by atoms with E-state index < -0.39 is 17.9 Å². The second kappa shape index (κ2) is 9.44. The van der Waals surface area contributed by atoms with E-state index in [1.54, 1.807) is 48.0 Å². The molecule has 1 aliphatic heterocycles. The quantitative estimate of drug-likeness (QED) is 0.510. The Labute approximate surface area is 200 Å². The van der Waals surface area contributed by atoms with E-state index in [9.17, 15) is 9.59 Å². The van der Waals surface area contributed by atoms with Gasteiger partial charge in [0.05, 0.1) is 43.2 Å². The third-order valence-electron chi connectivity index (χ3n) is 5.41. The molecule has 0 bridgehead atoms. The van der Waals surface area contributed by atoms with Gasteiger partial charge in [0.2, 0.25) is 5.95 Å². The van der Waals surface area contributed by atoms with Crippen molar-refractivity contribution in [3.63, 3.8) is 0 Å². The third kappa shape index (κ3) is 4.15. The fourth-order valence-corrected chi connectivity index (χ4v) is 3.99. The van der Waals surface area contributed by atoms with Crippen LogP contribution in [0.4, 0.5) is 11.6 Å². The summed E-state index contributed by atoms with van der Waals surface area (Å²) in [4.78, 5) is 29.7. The van der Waals surface area contributed by atoms with Gasteiger partial charge in [-0.15, -0.1) is 0 Å². The van der Waals surface area contributed by atoms with E-state index in [1.165, 1.54) is 27.7 Å². The highest BCUT2D eigenvalue weighted by Gasteiger charge is 2.34.